The van der Waals surface area contributed by atoms with Crippen molar-refractivity contribution in [3.05, 3.63) is 35.9 Å². The predicted molar refractivity (Wildman–Crippen MR) is 91.7 cm³/mol. The van der Waals surface area contributed by atoms with Crippen molar-refractivity contribution in [3.8, 4) is 0 Å². The summed E-state index contributed by atoms with van der Waals surface area (Å²) in [6.07, 6.45) is 6.44. The fraction of sp³-hybridized carbons (Fsp3) is 0.684. The minimum atomic E-state index is 0.439. The lowest BCUT2D eigenvalue weighted by Crippen LogP contribution is -2.43. The van der Waals surface area contributed by atoms with Gasteiger partial charge in [0.25, 0.3) is 0 Å². The summed E-state index contributed by atoms with van der Waals surface area (Å²) in [5.74, 6) is 0. The van der Waals surface area contributed by atoms with Crippen LogP contribution < -0.4 is 5.32 Å². The van der Waals surface area contributed by atoms with E-state index in [1.165, 1.54) is 44.3 Å². The van der Waals surface area contributed by atoms with Gasteiger partial charge in [-0.1, -0.05) is 44.2 Å². The first-order chi connectivity index (χ1) is 10.2. The highest BCUT2D eigenvalue weighted by Crippen LogP contribution is 2.29. The van der Waals surface area contributed by atoms with Gasteiger partial charge in [0.05, 0.1) is 0 Å². The fourth-order valence-electron chi connectivity index (χ4n) is 3.04. The van der Waals surface area contributed by atoms with Gasteiger partial charge < -0.3 is 10.2 Å². The lowest BCUT2D eigenvalue weighted by atomic mass is 9.81. The average Bonchev–Trinajstić information content (AvgIpc) is 3.35. The van der Waals surface area contributed by atoms with Gasteiger partial charge in [0.2, 0.25) is 0 Å². The number of rotatable bonds is 10. The molecular weight excluding hydrogens is 256 g/mol. The summed E-state index contributed by atoms with van der Waals surface area (Å²) in [5.41, 5.74) is 1.88. The molecule has 0 atom stereocenters. The Bertz CT molecular complexity index is 393. The van der Waals surface area contributed by atoms with E-state index in [1.54, 1.807) is 0 Å². The van der Waals surface area contributed by atoms with Gasteiger partial charge in [0, 0.05) is 25.7 Å². The van der Waals surface area contributed by atoms with Crippen LogP contribution in [0, 0.1) is 5.41 Å². The molecule has 0 unspecified atom stereocenters. The molecule has 0 radical (unpaired) electrons. The zero-order valence-electron chi connectivity index (χ0n) is 14.1. The van der Waals surface area contributed by atoms with Crippen LogP contribution in [0.25, 0.3) is 0 Å². The van der Waals surface area contributed by atoms with Crippen LogP contribution in [-0.2, 0) is 6.42 Å². The van der Waals surface area contributed by atoms with Gasteiger partial charge in [0.15, 0.2) is 0 Å². The second kappa shape index (κ2) is 7.95. The van der Waals surface area contributed by atoms with E-state index in [0.717, 1.165) is 19.0 Å². The highest BCUT2D eigenvalue weighted by Gasteiger charge is 2.30. The topological polar surface area (TPSA) is 15.3 Å². The van der Waals surface area contributed by atoms with Gasteiger partial charge in [0.1, 0.15) is 0 Å². The summed E-state index contributed by atoms with van der Waals surface area (Å²) in [6.45, 7) is 8.23. The smallest absolute Gasteiger partial charge is 0.00684 e. The van der Waals surface area contributed by atoms with Crippen LogP contribution in [0.2, 0.25) is 0 Å². The van der Waals surface area contributed by atoms with E-state index >= 15 is 0 Å². The van der Waals surface area contributed by atoms with Crippen LogP contribution in [0.3, 0.4) is 0 Å². The number of hydrogen-bond acceptors (Lipinski definition) is 2. The molecule has 2 heteroatoms. The number of likely N-dealkylation sites (N-methyl/N-ethyl adjacent to an activating group) is 1. The molecule has 2 nitrogen and oxygen atoms in total. The van der Waals surface area contributed by atoms with Crippen molar-refractivity contribution in [1.82, 2.24) is 10.2 Å². The van der Waals surface area contributed by atoms with Crippen molar-refractivity contribution in [3.63, 3.8) is 0 Å². The Morgan fingerprint density at radius 1 is 1.14 bits per heavy atom. The van der Waals surface area contributed by atoms with Crippen molar-refractivity contribution >= 4 is 0 Å². The van der Waals surface area contributed by atoms with Crippen LogP contribution in [-0.4, -0.2) is 37.6 Å². The molecular formula is C19H32N2. The van der Waals surface area contributed by atoms with Gasteiger partial charge in [-0.15, -0.1) is 0 Å². The van der Waals surface area contributed by atoms with E-state index < -0.39 is 0 Å². The van der Waals surface area contributed by atoms with Gasteiger partial charge in [-0.05, 0) is 50.1 Å². The van der Waals surface area contributed by atoms with E-state index in [2.05, 4.69) is 61.4 Å². The fourth-order valence-corrected chi connectivity index (χ4v) is 3.04. The molecule has 0 saturated heterocycles. The maximum atomic E-state index is 3.75. The van der Waals surface area contributed by atoms with E-state index in [0.29, 0.717) is 5.41 Å². The SMILES string of the molecule is CCC(CC)(CNC1CC1)CN(C)CCc1ccccc1. The van der Waals surface area contributed by atoms with Gasteiger partial charge in [-0.3, -0.25) is 0 Å². The zero-order chi connectivity index (χ0) is 15.1. The Hall–Kier alpha value is -0.860. The molecule has 1 fully saturated rings. The van der Waals surface area contributed by atoms with Crippen LogP contribution in [0.15, 0.2) is 30.3 Å². The summed E-state index contributed by atoms with van der Waals surface area (Å²) in [7, 11) is 2.28. The third kappa shape index (κ3) is 5.44. The van der Waals surface area contributed by atoms with E-state index in [-0.39, 0.29) is 0 Å². The molecule has 1 saturated carbocycles. The van der Waals surface area contributed by atoms with Crippen molar-refractivity contribution in [2.75, 3.05) is 26.7 Å². The normalized spacial score (nSPS) is 15.6. The number of nitrogens with one attached hydrogen (secondary N) is 1. The van der Waals surface area contributed by atoms with Crippen LogP contribution in [0.5, 0.6) is 0 Å². The van der Waals surface area contributed by atoms with E-state index in [1.807, 2.05) is 0 Å². The summed E-state index contributed by atoms with van der Waals surface area (Å²) in [4.78, 5) is 2.52. The Labute approximate surface area is 130 Å². The molecule has 0 bridgehead atoms. The molecule has 21 heavy (non-hydrogen) atoms. The second-order valence-electron chi connectivity index (χ2n) is 6.84. The molecule has 1 aromatic carbocycles. The third-order valence-corrected chi connectivity index (χ3v) is 5.07. The van der Waals surface area contributed by atoms with Crippen molar-refractivity contribution in [2.45, 2.75) is 52.0 Å². The van der Waals surface area contributed by atoms with Crippen LogP contribution in [0.1, 0.15) is 45.1 Å². The largest absolute Gasteiger partial charge is 0.313 e. The highest BCUT2D eigenvalue weighted by molar-refractivity contribution is 5.14. The summed E-state index contributed by atoms with van der Waals surface area (Å²) < 4.78 is 0. The maximum Gasteiger partial charge on any atom is 0.00684 e. The van der Waals surface area contributed by atoms with Crippen molar-refractivity contribution in [2.24, 2.45) is 5.41 Å². The first-order valence-corrected chi connectivity index (χ1v) is 8.63. The molecule has 0 spiro atoms. The molecule has 118 valence electrons. The predicted octanol–water partition coefficient (Wildman–Crippen LogP) is 3.72. The number of nitrogens with zero attached hydrogens (tertiary/aromatic N) is 1. The van der Waals surface area contributed by atoms with Crippen LogP contribution >= 0.6 is 0 Å². The molecule has 0 heterocycles. The monoisotopic (exact) mass is 288 g/mol. The standard InChI is InChI=1S/C19H32N2/c1-4-19(5-2,15-20-18-11-12-18)16-21(3)14-13-17-9-7-6-8-10-17/h6-10,18,20H,4-5,11-16H2,1-3H3. The molecule has 0 aromatic heterocycles. The molecule has 1 aromatic rings. The van der Waals surface area contributed by atoms with Gasteiger partial charge in [-0.25, -0.2) is 0 Å². The Morgan fingerprint density at radius 3 is 2.38 bits per heavy atom. The molecule has 0 aliphatic heterocycles. The maximum absolute atomic E-state index is 3.75. The number of benzene rings is 1. The van der Waals surface area contributed by atoms with Crippen LogP contribution in [0.4, 0.5) is 0 Å². The zero-order valence-corrected chi connectivity index (χ0v) is 14.1. The lowest BCUT2D eigenvalue weighted by Gasteiger charge is -2.36. The minimum Gasteiger partial charge on any atom is -0.313 e. The summed E-state index contributed by atoms with van der Waals surface area (Å²) in [6, 6.07) is 11.6. The highest BCUT2D eigenvalue weighted by atomic mass is 15.1. The molecule has 1 aliphatic rings. The molecule has 1 N–H and O–H groups in total. The summed E-state index contributed by atoms with van der Waals surface area (Å²) in [5, 5.41) is 3.75. The van der Waals surface area contributed by atoms with E-state index in [4.69, 9.17) is 0 Å². The minimum absolute atomic E-state index is 0.439. The first-order valence-electron chi connectivity index (χ1n) is 8.63. The molecule has 1 aliphatic carbocycles. The van der Waals surface area contributed by atoms with E-state index in [9.17, 15) is 0 Å². The Kier molecular flexibility index (Phi) is 6.25. The average molecular weight is 288 g/mol. The summed E-state index contributed by atoms with van der Waals surface area (Å²) >= 11 is 0. The van der Waals surface area contributed by atoms with Gasteiger partial charge in [-0.2, -0.15) is 0 Å². The van der Waals surface area contributed by atoms with Crippen molar-refractivity contribution in [1.29, 1.82) is 0 Å². The Morgan fingerprint density at radius 2 is 1.81 bits per heavy atom. The quantitative estimate of drug-likeness (QED) is 0.706. The second-order valence-corrected chi connectivity index (χ2v) is 6.84. The lowest BCUT2D eigenvalue weighted by molar-refractivity contribution is 0.156. The Balaban J connectivity index is 1.80. The number of hydrogen-bond donors (Lipinski definition) is 1. The van der Waals surface area contributed by atoms with Gasteiger partial charge >= 0.3 is 0 Å². The van der Waals surface area contributed by atoms with Crippen molar-refractivity contribution < 1.29 is 0 Å². The molecule has 0 amide bonds. The third-order valence-electron chi connectivity index (χ3n) is 5.07. The first kappa shape index (κ1) is 16.5. The molecule has 2 rings (SSSR count).